The van der Waals surface area contributed by atoms with Gasteiger partial charge >= 0.3 is 0 Å². The molecule has 2 rings (SSSR count). The smallest absolute Gasteiger partial charge is 0.291 e. The van der Waals surface area contributed by atoms with Gasteiger partial charge in [-0.05, 0) is 30.7 Å². The van der Waals surface area contributed by atoms with Crippen LogP contribution in [0.1, 0.15) is 25.8 Å². The number of hydrogen-bond acceptors (Lipinski definition) is 6. The number of furan rings is 1. The lowest BCUT2D eigenvalue weighted by Gasteiger charge is -2.21. The normalized spacial score (nSPS) is 10.7. The van der Waals surface area contributed by atoms with Crippen LogP contribution in [0.4, 0.5) is 5.00 Å². The van der Waals surface area contributed by atoms with Crippen molar-refractivity contribution in [2.75, 3.05) is 45.8 Å². The molecule has 2 heterocycles. The zero-order chi connectivity index (χ0) is 18.2. The molecule has 7 nitrogen and oxygen atoms in total. The van der Waals surface area contributed by atoms with Gasteiger partial charge in [-0.2, -0.15) is 0 Å². The minimum absolute atomic E-state index is 0.102. The molecule has 0 saturated heterocycles. The summed E-state index contributed by atoms with van der Waals surface area (Å²) >= 11 is 1.24. The molecule has 0 bridgehead atoms. The maximum absolute atomic E-state index is 12.8. The van der Waals surface area contributed by atoms with Crippen molar-refractivity contribution in [2.45, 2.75) is 6.92 Å². The summed E-state index contributed by atoms with van der Waals surface area (Å²) in [5.74, 6) is -0.225. The molecule has 0 atom stereocenters. The summed E-state index contributed by atoms with van der Waals surface area (Å²) < 4.78 is 15.2. The highest BCUT2D eigenvalue weighted by Gasteiger charge is 2.21. The molecule has 8 heteroatoms. The lowest BCUT2D eigenvalue weighted by atomic mass is 10.2. The van der Waals surface area contributed by atoms with E-state index in [4.69, 9.17) is 13.9 Å². The van der Waals surface area contributed by atoms with Crippen molar-refractivity contribution in [3.05, 3.63) is 40.7 Å². The van der Waals surface area contributed by atoms with Crippen molar-refractivity contribution in [1.82, 2.24) is 4.90 Å². The van der Waals surface area contributed by atoms with E-state index in [9.17, 15) is 9.59 Å². The van der Waals surface area contributed by atoms with Gasteiger partial charge in [0.05, 0.1) is 29.4 Å². The van der Waals surface area contributed by atoms with Crippen LogP contribution in [-0.2, 0) is 9.47 Å². The summed E-state index contributed by atoms with van der Waals surface area (Å²) in [6, 6.07) is 5.01. The third kappa shape index (κ3) is 5.15. The predicted octanol–water partition coefficient (Wildman–Crippen LogP) is 2.64. The minimum atomic E-state index is -0.346. The summed E-state index contributed by atoms with van der Waals surface area (Å²) in [7, 11) is 3.19. The average Bonchev–Trinajstić information content (AvgIpc) is 3.24. The third-order valence-electron chi connectivity index (χ3n) is 3.51. The molecule has 1 N–H and O–H groups in total. The Labute approximate surface area is 150 Å². The molecule has 2 aromatic heterocycles. The predicted molar refractivity (Wildman–Crippen MR) is 95.4 cm³/mol. The van der Waals surface area contributed by atoms with Crippen molar-refractivity contribution < 1.29 is 23.5 Å². The second-order valence-corrected chi connectivity index (χ2v) is 6.38. The average molecular weight is 366 g/mol. The van der Waals surface area contributed by atoms with Crippen LogP contribution in [0.5, 0.6) is 0 Å². The fourth-order valence-electron chi connectivity index (χ4n) is 2.20. The number of aryl methyl sites for hydroxylation is 1. The number of hydrogen-bond donors (Lipinski definition) is 1. The number of ether oxygens (including phenoxy) is 2. The molecule has 0 saturated carbocycles. The molecule has 0 aliphatic rings. The molecule has 0 spiro atoms. The zero-order valence-electron chi connectivity index (χ0n) is 14.5. The van der Waals surface area contributed by atoms with Crippen LogP contribution in [0.15, 0.2) is 28.9 Å². The van der Waals surface area contributed by atoms with Crippen LogP contribution in [0.3, 0.4) is 0 Å². The molecule has 2 amide bonds. The van der Waals surface area contributed by atoms with E-state index in [2.05, 4.69) is 5.32 Å². The van der Waals surface area contributed by atoms with Gasteiger partial charge in [0, 0.05) is 27.3 Å². The standard InChI is InChI=1S/C17H22N2O5S/c1-12-11-14(18-16(20)13-5-4-8-24-13)25-15(12)17(21)19(6-9-22-2)7-10-23-3/h4-5,8,11H,6-7,9-10H2,1-3H3,(H,18,20). The Balaban J connectivity index is 2.10. The summed E-state index contributed by atoms with van der Waals surface area (Å²) in [6.07, 6.45) is 1.44. The van der Waals surface area contributed by atoms with Crippen molar-refractivity contribution in [3.8, 4) is 0 Å². The Kier molecular flexibility index (Phi) is 7.17. The first-order valence-electron chi connectivity index (χ1n) is 7.79. The third-order valence-corrected chi connectivity index (χ3v) is 4.65. The molecule has 25 heavy (non-hydrogen) atoms. The summed E-state index contributed by atoms with van der Waals surface area (Å²) in [4.78, 5) is 27.1. The monoisotopic (exact) mass is 366 g/mol. The highest BCUT2D eigenvalue weighted by atomic mass is 32.1. The molecule has 0 aromatic carbocycles. The Morgan fingerprint density at radius 3 is 2.48 bits per heavy atom. The van der Waals surface area contributed by atoms with Crippen LogP contribution in [0, 0.1) is 6.92 Å². The van der Waals surface area contributed by atoms with Gasteiger partial charge in [0.2, 0.25) is 0 Å². The van der Waals surface area contributed by atoms with E-state index in [1.807, 2.05) is 6.92 Å². The fourth-order valence-corrected chi connectivity index (χ4v) is 3.23. The molecule has 2 aromatic rings. The van der Waals surface area contributed by atoms with Crippen LogP contribution < -0.4 is 5.32 Å². The number of nitrogens with zero attached hydrogens (tertiary/aromatic N) is 1. The number of carbonyl (C=O) groups excluding carboxylic acids is 2. The van der Waals surface area contributed by atoms with E-state index >= 15 is 0 Å². The van der Waals surface area contributed by atoms with Gasteiger partial charge < -0.3 is 24.1 Å². The topological polar surface area (TPSA) is 81.0 Å². The molecular formula is C17H22N2O5S. The largest absolute Gasteiger partial charge is 0.459 e. The maximum Gasteiger partial charge on any atom is 0.291 e. The molecule has 0 aliphatic heterocycles. The second kappa shape index (κ2) is 9.36. The molecule has 136 valence electrons. The molecule has 0 aliphatic carbocycles. The summed E-state index contributed by atoms with van der Waals surface area (Å²) in [5.41, 5.74) is 0.810. The lowest BCUT2D eigenvalue weighted by molar-refractivity contribution is 0.0631. The number of amides is 2. The van der Waals surface area contributed by atoms with Gasteiger partial charge in [0.1, 0.15) is 0 Å². The molecule has 0 radical (unpaired) electrons. The summed E-state index contributed by atoms with van der Waals surface area (Å²) in [6.45, 7) is 3.69. The second-order valence-electron chi connectivity index (χ2n) is 5.33. The number of carbonyl (C=O) groups is 2. The SMILES string of the molecule is COCCN(CCOC)C(=O)c1sc(NC(=O)c2ccco2)cc1C. The zero-order valence-corrected chi connectivity index (χ0v) is 15.4. The first kappa shape index (κ1) is 19.2. The first-order chi connectivity index (χ1) is 12.1. The fraction of sp³-hybridized carbons (Fsp3) is 0.412. The Bertz CT molecular complexity index is 688. The maximum atomic E-state index is 12.8. The highest BCUT2D eigenvalue weighted by Crippen LogP contribution is 2.28. The number of thiophene rings is 1. The van der Waals surface area contributed by atoms with Gasteiger partial charge in [-0.15, -0.1) is 11.3 Å². The van der Waals surface area contributed by atoms with Crippen LogP contribution in [-0.4, -0.2) is 57.2 Å². The highest BCUT2D eigenvalue weighted by molar-refractivity contribution is 7.18. The van der Waals surface area contributed by atoms with Crippen molar-refractivity contribution in [3.63, 3.8) is 0 Å². The number of anilines is 1. The molecular weight excluding hydrogens is 344 g/mol. The van der Waals surface area contributed by atoms with Crippen LogP contribution >= 0.6 is 11.3 Å². The van der Waals surface area contributed by atoms with E-state index in [1.165, 1.54) is 17.6 Å². The van der Waals surface area contributed by atoms with Gasteiger partial charge in [-0.25, -0.2) is 0 Å². The number of rotatable bonds is 9. The van der Waals surface area contributed by atoms with Crippen molar-refractivity contribution in [1.29, 1.82) is 0 Å². The number of nitrogens with one attached hydrogen (secondary N) is 1. The summed E-state index contributed by atoms with van der Waals surface area (Å²) in [5, 5.41) is 3.35. The van der Waals surface area contributed by atoms with Gasteiger partial charge in [0.25, 0.3) is 11.8 Å². The van der Waals surface area contributed by atoms with E-state index in [0.717, 1.165) is 5.56 Å². The van der Waals surface area contributed by atoms with Crippen LogP contribution in [0.2, 0.25) is 0 Å². The van der Waals surface area contributed by atoms with Gasteiger partial charge in [-0.1, -0.05) is 0 Å². The lowest BCUT2D eigenvalue weighted by Crippen LogP contribution is -2.36. The van der Waals surface area contributed by atoms with Crippen LogP contribution in [0.25, 0.3) is 0 Å². The van der Waals surface area contributed by atoms with E-state index in [-0.39, 0.29) is 17.6 Å². The minimum Gasteiger partial charge on any atom is -0.459 e. The van der Waals surface area contributed by atoms with E-state index < -0.39 is 0 Å². The number of methoxy groups -OCH3 is 2. The van der Waals surface area contributed by atoms with E-state index in [1.54, 1.807) is 37.3 Å². The molecule has 0 unspecified atom stereocenters. The Morgan fingerprint density at radius 2 is 1.92 bits per heavy atom. The van der Waals surface area contributed by atoms with Gasteiger partial charge in [0.15, 0.2) is 5.76 Å². The van der Waals surface area contributed by atoms with Crippen molar-refractivity contribution in [2.24, 2.45) is 0 Å². The first-order valence-corrected chi connectivity index (χ1v) is 8.61. The molecule has 0 fully saturated rings. The van der Waals surface area contributed by atoms with Gasteiger partial charge in [-0.3, -0.25) is 9.59 Å². The van der Waals surface area contributed by atoms with E-state index in [0.29, 0.717) is 36.2 Å². The quantitative estimate of drug-likeness (QED) is 0.738. The van der Waals surface area contributed by atoms with Crippen molar-refractivity contribution >= 4 is 28.2 Å². The Hall–Kier alpha value is -2.16. The Morgan fingerprint density at radius 1 is 1.24 bits per heavy atom.